The molecule has 13 N–H and O–H groups in total. The Balaban J connectivity index is 1.62. The van der Waals surface area contributed by atoms with E-state index in [-0.39, 0.29) is 89.1 Å². The van der Waals surface area contributed by atoms with Crippen molar-refractivity contribution in [1.82, 2.24) is 15.2 Å². The number of likely N-dealkylation sites (N-methyl/N-ethyl adjacent to an activating group) is 1. The SMILES string of the molecule is C[C@@H]1CC(=O)[C@@H](N(C)C(=O)[C@H](CCN)CC(=O)c2c(N)cc(-c3ccc(C(C)(C)C)cc3)nc2Cl)c2cc(OC[C@H](O)CN)c(O)c(c2)-c2cc(ccc2OC[C@H](O)CN)C[C@@H](C(=O)O)NC1=O. The summed E-state index contributed by atoms with van der Waals surface area (Å²) in [5.74, 6) is -7.02. The maximum absolute atomic E-state index is 14.8. The van der Waals surface area contributed by atoms with Crippen molar-refractivity contribution in [3.63, 3.8) is 0 Å². The van der Waals surface area contributed by atoms with Gasteiger partial charge in [-0.25, -0.2) is 9.78 Å². The van der Waals surface area contributed by atoms with Crippen LogP contribution in [0.3, 0.4) is 0 Å². The van der Waals surface area contributed by atoms with Crippen LogP contribution >= 0.6 is 11.6 Å². The number of hydrogen-bond donors (Lipinski definition) is 9. The standard InChI is InChI=1S/C49H62ClN7O11/c1-25-14-39(61)43(57(5)47(64)28(12-13-51)18-38(60)42-35(54)20-36(55-45(42)50)27-7-9-30(10-8-27)49(2,3)4)29-17-34(44(62)41(19-29)68-24-32(59)22-53)33-15-26(16-37(48(65)66)56-46(25)63)6-11-40(33)67-23-31(58)21-52/h6-11,15,17,19-20,25,28,31-32,37,43,58-59,62H,12-14,16,18,21-24,51-53H2,1-5H3,(H2,54,55)(H,56,63)(H,65,66)/t25-,28-,31-,32-,37+,43+/m1/s1. The van der Waals surface area contributed by atoms with Crippen molar-refractivity contribution in [3.05, 3.63) is 88.1 Å². The Hall–Kier alpha value is -6.15. The molecule has 0 aliphatic carbocycles. The minimum Gasteiger partial charge on any atom is -0.504 e. The monoisotopic (exact) mass is 959 g/mol. The zero-order valence-corrected chi connectivity index (χ0v) is 39.6. The zero-order chi connectivity index (χ0) is 50.2. The third-order valence-corrected chi connectivity index (χ3v) is 12.1. The van der Waals surface area contributed by atoms with Crippen LogP contribution in [-0.4, -0.2) is 118 Å². The molecule has 19 heteroatoms. The van der Waals surface area contributed by atoms with Gasteiger partial charge in [-0.15, -0.1) is 0 Å². The number of nitrogen functional groups attached to an aromatic ring is 1. The van der Waals surface area contributed by atoms with E-state index in [1.165, 1.54) is 44.3 Å². The van der Waals surface area contributed by atoms with Gasteiger partial charge in [-0.1, -0.05) is 69.6 Å². The van der Waals surface area contributed by atoms with E-state index >= 15 is 0 Å². The number of Topliss-reactive ketones (excluding diaryl/α,β-unsaturated/α-hetero) is 2. The number of amides is 2. The van der Waals surface area contributed by atoms with Crippen LogP contribution in [0.25, 0.3) is 22.4 Å². The number of nitrogens with zero attached hydrogens (tertiary/aromatic N) is 2. The molecular weight excluding hydrogens is 898 g/mol. The maximum atomic E-state index is 14.8. The first kappa shape index (κ1) is 52.8. The number of halogens is 1. The Bertz CT molecular complexity index is 2470. The van der Waals surface area contributed by atoms with Crippen molar-refractivity contribution in [2.45, 2.75) is 83.1 Å². The highest BCUT2D eigenvalue weighted by Crippen LogP contribution is 2.45. The summed E-state index contributed by atoms with van der Waals surface area (Å²) in [6.07, 6.45) is -3.48. The number of carboxylic acids is 1. The van der Waals surface area contributed by atoms with Crippen LogP contribution in [0.15, 0.2) is 60.7 Å². The van der Waals surface area contributed by atoms with Crippen LogP contribution < -0.4 is 37.7 Å². The number of carboxylic acid groups (broad SMARTS) is 1. The van der Waals surface area contributed by atoms with E-state index in [2.05, 4.69) is 31.1 Å². The van der Waals surface area contributed by atoms with E-state index in [1.54, 1.807) is 6.07 Å². The molecule has 6 atom stereocenters. The predicted molar refractivity (Wildman–Crippen MR) is 256 cm³/mol. The minimum absolute atomic E-state index is 0.0154. The highest BCUT2D eigenvalue weighted by atomic mass is 35.5. The lowest BCUT2D eigenvalue weighted by molar-refractivity contribution is -0.144. The number of rotatable bonds is 17. The lowest BCUT2D eigenvalue weighted by atomic mass is 9.86. The fourth-order valence-electron chi connectivity index (χ4n) is 7.88. The highest BCUT2D eigenvalue weighted by Gasteiger charge is 2.37. The number of aromatic hydroxyl groups is 1. The molecule has 2 heterocycles. The molecule has 0 fully saturated rings. The molecule has 366 valence electrons. The molecule has 0 radical (unpaired) electrons. The van der Waals surface area contributed by atoms with Crippen LogP contribution in [-0.2, 0) is 31.0 Å². The number of aliphatic carboxylic acids is 1. The number of phenolic OH excluding ortho intramolecular Hbond substituents is 1. The average molecular weight is 961 g/mol. The number of ether oxygens (including phenoxy) is 2. The Morgan fingerprint density at radius 2 is 1.54 bits per heavy atom. The summed E-state index contributed by atoms with van der Waals surface area (Å²) >= 11 is 6.66. The molecule has 1 aromatic heterocycles. The zero-order valence-electron chi connectivity index (χ0n) is 38.8. The number of hydrogen-bond acceptors (Lipinski definition) is 15. The minimum atomic E-state index is -1.54. The molecule has 1 aliphatic heterocycles. The van der Waals surface area contributed by atoms with Crippen LogP contribution in [0.5, 0.6) is 17.2 Å². The number of anilines is 1. The summed E-state index contributed by atoms with van der Waals surface area (Å²) in [7, 11) is 1.34. The fraction of sp³-hybridized carbons (Fsp3) is 0.429. The number of aromatic nitrogens is 1. The van der Waals surface area contributed by atoms with Gasteiger partial charge in [0.1, 0.15) is 48.4 Å². The molecular formula is C49H62ClN7O11. The third kappa shape index (κ3) is 12.7. The van der Waals surface area contributed by atoms with Crippen molar-refractivity contribution in [1.29, 1.82) is 0 Å². The molecule has 3 aromatic carbocycles. The number of pyridine rings is 1. The molecule has 4 aromatic rings. The number of fused-ring (bicyclic) bond motifs is 5. The van der Waals surface area contributed by atoms with E-state index in [1.807, 2.05) is 24.3 Å². The molecule has 0 unspecified atom stereocenters. The summed E-state index contributed by atoms with van der Waals surface area (Å²) in [5.41, 5.74) is 26.4. The molecule has 0 saturated heterocycles. The fourth-order valence-corrected chi connectivity index (χ4v) is 8.19. The number of carbonyl (C=O) groups excluding carboxylic acids is 4. The van der Waals surface area contributed by atoms with Gasteiger partial charge in [-0.05, 0) is 65.4 Å². The topological polar surface area (TPSA) is 317 Å². The van der Waals surface area contributed by atoms with Crippen molar-refractivity contribution in [3.8, 4) is 39.6 Å². The number of aliphatic hydroxyl groups is 2. The Morgan fingerprint density at radius 1 is 0.912 bits per heavy atom. The van der Waals surface area contributed by atoms with Gasteiger partial charge >= 0.3 is 5.97 Å². The Kier molecular flexibility index (Phi) is 17.7. The second-order valence-corrected chi connectivity index (χ2v) is 18.5. The first-order valence-corrected chi connectivity index (χ1v) is 22.6. The molecule has 4 bridgehead atoms. The smallest absolute Gasteiger partial charge is 0.326 e. The number of ketones is 2. The number of carbonyl (C=O) groups is 5. The van der Waals surface area contributed by atoms with Crippen molar-refractivity contribution in [2.24, 2.45) is 29.0 Å². The summed E-state index contributed by atoms with van der Waals surface area (Å²) < 4.78 is 11.8. The number of aliphatic hydroxyl groups excluding tert-OH is 2. The van der Waals surface area contributed by atoms with Gasteiger partial charge in [-0.2, -0.15) is 0 Å². The first-order valence-electron chi connectivity index (χ1n) is 22.2. The lowest BCUT2D eigenvalue weighted by Gasteiger charge is -2.32. The number of benzene rings is 3. The largest absolute Gasteiger partial charge is 0.504 e. The van der Waals surface area contributed by atoms with E-state index in [9.17, 15) is 44.4 Å². The normalized spacial score (nSPS) is 17.8. The second-order valence-electron chi connectivity index (χ2n) is 18.2. The van der Waals surface area contributed by atoms with E-state index in [0.717, 1.165) is 10.5 Å². The first-order chi connectivity index (χ1) is 32.1. The van der Waals surface area contributed by atoms with Gasteiger partial charge in [0.25, 0.3) is 0 Å². The van der Waals surface area contributed by atoms with Crippen LogP contribution in [0.2, 0.25) is 5.15 Å². The quantitative estimate of drug-likeness (QED) is 0.0540. The van der Waals surface area contributed by atoms with Crippen molar-refractivity contribution in [2.75, 3.05) is 45.6 Å². The molecule has 2 amide bonds. The van der Waals surface area contributed by atoms with Crippen molar-refractivity contribution < 1.29 is 53.9 Å². The number of phenols is 1. The highest BCUT2D eigenvalue weighted by molar-refractivity contribution is 6.33. The van der Waals surface area contributed by atoms with E-state index in [4.69, 9.17) is 44.0 Å². The Labute approximate surface area is 399 Å². The summed E-state index contributed by atoms with van der Waals surface area (Å²) in [6.45, 7) is 6.61. The predicted octanol–water partition coefficient (Wildman–Crippen LogP) is 3.51. The third-order valence-electron chi connectivity index (χ3n) is 11.8. The van der Waals surface area contributed by atoms with Gasteiger partial charge in [0.15, 0.2) is 23.1 Å². The number of nitrogens with two attached hydrogens (primary N) is 4. The van der Waals surface area contributed by atoms with E-state index in [0.29, 0.717) is 16.8 Å². The van der Waals surface area contributed by atoms with Crippen LogP contribution in [0, 0.1) is 11.8 Å². The molecule has 18 nitrogen and oxygen atoms in total. The van der Waals surface area contributed by atoms with Gasteiger partial charge < -0.3 is 63.1 Å². The lowest BCUT2D eigenvalue weighted by Crippen LogP contribution is -2.45. The average Bonchev–Trinajstić information content (AvgIpc) is 3.29. The van der Waals surface area contributed by atoms with Crippen LogP contribution in [0.4, 0.5) is 5.69 Å². The molecule has 68 heavy (non-hydrogen) atoms. The van der Waals surface area contributed by atoms with Gasteiger partial charge in [0.05, 0.1) is 11.3 Å². The second kappa shape index (κ2) is 22.8. The maximum Gasteiger partial charge on any atom is 0.326 e. The van der Waals surface area contributed by atoms with Gasteiger partial charge in [0.2, 0.25) is 11.8 Å². The van der Waals surface area contributed by atoms with Gasteiger partial charge in [0, 0.05) is 73.6 Å². The number of nitrogens with one attached hydrogen (secondary N) is 1. The van der Waals surface area contributed by atoms with Crippen LogP contribution in [0.1, 0.15) is 80.0 Å². The summed E-state index contributed by atoms with van der Waals surface area (Å²) in [4.78, 5) is 75.4. The summed E-state index contributed by atoms with van der Waals surface area (Å²) in [6, 6.07) is 13.5. The molecule has 0 spiro atoms. The van der Waals surface area contributed by atoms with Crippen molar-refractivity contribution >= 4 is 46.6 Å². The molecule has 1 aliphatic rings. The Morgan fingerprint density at radius 3 is 2.12 bits per heavy atom. The molecule has 0 saturated carbocycles. The summed E-state index contributed by atoms with van der Waals surface area (Å²) in [5, 5.41) is 45.1. The van der Waals surface area contributed by atoms with E-state index < -0.39 is 90.7 Å². The molecule has 5 rings (SSSR count). The van der Waals surface area contributed by atoms with Gasteiger partial charge in [-0.3, -0.25) is 19.2 Å².